The number of allylic oxidation sites excluding steroid dienone is 3. The van der Waals surface area contributed by atoms with Crippen molar-refractivity contribution in [3.8, 4) is 0 Å². The highest BCUT2D eigenvalue weighted by atomic mass is 16.2. The second-order valence-corrected chi connectivity index (χ2v) is 1.60. The van der Waals surface area contributed by atoms with E-state index in [4.69, 9.17) is 0 Å². The van der Waals surface area contributed by atoms with Gasteiger partial charge in [-0.2, -0.15) is 0 Å². The van der Waals surface area contributed by atoms with Gasteiger partial charge in [0.1, 0.15) is 6.61 Å². The maximum atomic E-state index is 9.84. The van der Waals surface area contributed by atoms with E-state index >= 15 is 0 Å². The van der Waals surface area contributed by atoms with Crippen LogP contribution in [0, 0.1) is 0 Å². The van der Waals surface area contributed by atoms with E-state index in [0.29, 0.717) is 0 Å². The zero-order chi connectivity index (χ0) is 6.41. The first kappa shape index (κ1) is 7.44. The van der Waals surface area contributed by atoms with Crippen LogP contribution >= 0.6 is 0 Å². The van der Waals surface area contributed by atoms with Crippen LogP contribution < -0.4 is 0 Å². The third-order valence-electron chi connectivity index (χ3n) is 0.932. The molecule has 0 rings (SSSR count). The van der Waals surface area contributed by atoms with Crippen LogP contribution in [0.1, 0.15) is 13.8 Å². The molecule has 0 heterocycles. The molecule has 45 valence electrons. The molecule has 0 unspecified atom stereocenters. The Morgan fingerprint density at radius 1 is 1.62 bits per heavy atom. The summed E-state index contributed by atoms with van der Waals surface area (Å²) in [4.78, 5) is 0. The van der Waals surface area contributed by atoms with Crippen molar-refractivity contribution in [3.63, 3.8) is 0 Å². The largest absolute Gasteiger partial charge is 0.232 e. The monoisotopic (exact) mass is 111 g/mol. The lowest BCUT2D eigenvalue weighted by molar-refractivity contribution is 0.232. The minimum atomic E-state index is -0.120. The molecule has 0 aromatic rings. The van der Waals surface area contributed by atoms with Crippen molar-refractivity contribution in [1.29, 1.82) is 0 Å². The molecule has 0 aromatic heterocycles. The fourth-order valence-corrected chi connectivity index (χ4v) is 0.330. The first-order valence-corrected chi connectivity index (χ1v) is 2.68. The topological polar surface area (TPSA) is 19.9 Å². The average molecular weight is 111 g/mol. The molecule has 1 heteroatoms. The summed E-state index contributed by atoms with van der Waals surface area (Å²) >= 11 is 0. The fraction of sp³-hybridized carbons (Fsp3) is 0.429. The van der Waals surface area contributed by atoms with E-state index in [-0.39, 0.29) is 6.61 Å². The van der Waals surface area contributed by atoms with Gasteiger partial charge in [-0.1, -0.05) is 23.8 Å². The maximum Gasteiger partial charge on any atom is 0.101 e. The summed E-state index contributed by atoms with van der Waals surface area (Å²) in [7, 11) is 0. The molecule has 0 amide bonds. The second kappa shape index (κ2) is 4.60. The molecule has 0 fully saturated rings. The Kier molecular flexibility index (Phi) is 4.27. The van der Waals surface area contributed by atoms with E-state index < -0.39 is 0 Å². The molecule has 0 saturated heterocycles. The smallest absolute Gasteiger partial charge is 0.101 e. The SMILES string of the molecule is C/C=C(C)/C=C/C[O]. The molecule has 0 aliphatic heterocycles. The van der Waals surface area contributed by atoms with Gasteiger partial charge >= 0.3 is 0 Å². The van der Waals surface area contributed by atoms with Crippen LogP contribution in [0.15, 0.2) is 23.8 Å². The maximum absolute atomic E-state index is 9.84. The van der Waals surface area contributed by atoms with Gasteiger partial charge in [0, 0.05) is 0 Å². The Hall–Kier alpha value is -0.560. The molecule has 0 bridgehead atoms. The van der Waals surface area contributed by atoms with Crippen molar-refractivity contribution in [2.45, 2.75) is 13.8 Å². The molecule has 0 aromatic carbocycles. The van der Waals surface area contributed by atoms with Gasteiger partial charge in [0.25, 0.3) is 0 Å². The molecule has 0 N–H and O–H groups in total. The van der Waals surface area contributed by atoms with Crippen LogP contribution in [0.3, 0.4) is 0 Å². The molecular formula is C7H11O. The number of hydrogen-bond donors (Lipinski definition) is 0. The Labute approximate surface area is 50.3 Å². The molecule has 0 aliphatic carbocycles. The van der Waals surface area contributed by atoms with E-state index in [0.717, 1.165) is 5.57 Å². The summed E-state index contributed by atoms with van der Waals surface area (Å²) in [6.45, 7) is 3.79. The summed E-state index contributed by atoms with van der Waals surface area (Å²) in [6.07, 6.45) is 5.40. The van der Waals surface area contributed by atoms with Gasteiger partial charge in [0.2, 0.25) is 0 Å². The van der Waals surface area contributed by atoms with Crippen LogP contribution in [0.2, 0.25) is 0 Å². The number of rotatable bonds is 2. The third-order valence-corrected chi connectivity index (χ3v) is 0.932. The highest BCUT2D eigenvalue weighted by molar-refractivity contribution is 5.14. The molecule has 8 heavy (non-hydrogen) atoms. The Bertz CT molecular complexity index is 101. The van der Waals surface area contributed by atoms with Crippen molar-refractivity contribution < 1.29 is 5.11 Å². The van der Waals surface area contributed by atoms with Gasteiger partial charge < -0.3 is 0 Å². The van der Waals surface area contributed by atoms with E-state index in [1.165, 1.54) is 0 Å². The zero-order valence-corrected chi connectivity index (χ0v) is 5.35. The summed E-state index contributed by atoms with van der Waals surface area (Å²) in [5.41, 5.74) is 1.14. The predicted octanol–water partition coefficient (Wildman–Crippen LogP) is 1.94. The van der Waals surface area contributed by atoms with E-state index in [9.17, 15) is 5.11 Å². The zero-order valence-electron chi connectivity index (χ0n) is 5.35. The summed E-state index contributed by atoms with van der Waals surface area (Å²) < 4.78 is 0. The van der Waals surface area contributed by atoms with Crippen molar-refractivity contribution >= 4 is 0 Å². The lowest BCUT2D eigenvalue weighted by Gasteiger charge is -1.83. The van der Waals surface area contributed by atoms with Gasteiger partial charge in [0.15, 0.2) is 0 Å². The summed E-state index contributed by atoms with van der Waals surface area (Å²) in [5, 5.41) is 9.84. The van der Waals surface area contributed by atoms with Gasteiger partial charge in [0.05, 0.1) is 0 Å². The first-order chi connectivity index (χ1) is 3.81. The molecule has 1 radical (unpaired) electrons. The van der Waals surface area contributed by atoms with Crippen molar-refractivity contribution in [2.24, 2.45) is 0 Å². The minimum absolute atomic E-state index is 0.120. The Morgan fingerprint density at radius 3 is 2.62 bits per heavy atom. The molecule has 0 aliphatic rings. The summed E-state index contributed by atoms with van der Waals surface area (Å²) in [5.74, 6) is 0. The van der Waals surface area contributed by atoms with Gasteiger partial charge in [-0.05, 0) is 13.8 Å². The molecule has 0 atom stereocenters. The van der Waals surface area contributed by atoms with E-state index in [1.807, 2.05) is 26.0 Å². The lowest BCUT2D eigenvalue weighted by Crippen LogP contribution is -1.69. The van der Waals surface area contributed by atoms with Crippen LogP contribution in [-0.4, -0.2) is 6.61 Å². The fourth-order valence-electron chi connectivity index (χ4n) is 0.330. The Morgan fingerprint density at radius 2 is 2.25 bits per heavy atom. The van der Waals surface area contributed by atoms with Crippen LogP contribution in [-0.2, 0) is 5.11 Å². The normalized spacial score (nSPS) is 13.1. The first-order valence-electron chi connectivity index (χ1n) is 2.68. The molecule has 0 saturated carbocycles. The standard InChI is InChI=1S/C7H11O/c1-3-7(2)5-4-6-8/h3-5H,6H2,1-2H3/b5-4+,7-3+. The molecule has 0 spiro atoms. The highest BCUT2D eigenvalue weighted by Gasteiger charge is 1.73. The lowest BCUT2D eigenvalue weighted by atomic mass is 10.3. The van der Waals surface area contributed by atoms with Crippen molar-refractivity contribution in [1.82, 2.24) is 0 Å². The number of hydrogen-bond acceptors (Lipinski definition) is 0. The van der Waals surface area contributed by atoms with Gasteiger partial charge in [-0.25, -0.2) is 5.11 Å². The molecule has 1 nitrogen and oxygen atoms in total. The third kappa shape index (κ3) is 3.62. The average Bonchev–Trinajstić information content (AvgIpc) is 1.83. The minimum Gasteiger partial charge on any atom is -0.232 e. The van der Waals surface area contributed by atoms with Gasteiger partial charge in [-0.3, -0.25) is 0 Å². The van der Waals surface area contributed by atoms with Crippen molar-refractivity contribution in [2.75, 3.05) is 6.61 Å². The molecular weight excluding hydrogens is 100 g/mol. The van der Waals surface area contributed by atoms with Crippen molar-refractivity contribution in [3.05, 3.63) is 23.8 Å². The van der Waals surface area contributed by atoms with Gasteiger partial charge in [-0.15, -0.1) is 0 Å². The Balaban J connectivity index is 3.53. The van der Waals surface area contributed by atoms with E-state index in [2.05, 4.69) is 0 Å². The quantitative estimate of drug-likeness (QED) is 0.485. The van der Waals surface area contributed by atoms with Crippen LogP contribution in [0.25, 0.3) is 0 Å². The predicted molar refractivity (Wildman–Crippen MR) is 34.1 cm³/mol. The highest BCUT2D eigenvalue weighted by Crippen LogP contribution is 1.91. The summed E-state index contributed by atoms with van der Waals surface area (Å²) in [6, 6.07) is 0. The van der Waals surface area contributed by atoms with E-state index in [1.54, 1.807) is 6.08 Å². The second-order valence-electron chi connectivity index (χ2n) is 1.60. The van der Waals surface area contributed by atoms with Crippen LogP contribution in [0.4, 0.5) is 0 Å². The van der Waals surface area contributed by atoms with Crippen LogP contribution in [0.5, 0.6) is 0 Å².